The molecule has 7 heteroatoms. The minimum absolute atomic E-state index is 0.137. The van der Waals surface area contributed by atoms with E-state index in [1.165, 1.54) is 6.07 Å². The fourth-order valence-corrected chi connectivity index (χ4v) is 3.19. The molecule has 108 valence electrons. The smallest absolute Gasteiger partial charge is 0.241 e. The van der Waals surface area contributed by atoms with Crippen molar-refractivity contribution in [2.24, 2.45) is 0 Å². The van der Waals surface area contributed by atoms with Crippen LogP contribution in [-0.2, 0) is 16.6 Å². The van der Waals surface area contributed by atoms with Crippen LogP contribution in [-0.4, -0.2) is 13.6 Å². The van der Waals surface area contributed by atoms with Crippen LogP contribution < -0.4 is 10.5 Å². The molecule has 6 nitrogen and oxygen atoms in total. The van der Waals surface area contributed by atoms with Gasteiger partial charge < -0.3 is 10.3 Å². The molecule has 0 fully saturated rings. The summed E-state index contributed by atoms with van der Waals surface area (Å²) in [5, 5.41) is 3.79. The molecule has 20 heavy (non-hydrogen) atoms. The van der Waals surface area contributed by atoms with Crippen molar-refractivity contribution in [3.63, 3.8) is 0 Å². The number of nitrogens with zero attached hydrogens (tertiary/aromatic N) is 1. The lowest BCUT2D eigenvalue weighted by Crippen LogP contribution is -2.24. The maximum Gasteiger partial charge on any atom is 0.241 e. The number of benzene rings is 1. The second-order valence-electron chi connectivity index (χ2n) is 4.60. The Morgan fingerprint density at radius 2 is 2.00 bits per heavy atom. The van der Waals surface area contributed by atoms with E-state index in [4.69, 9.17) is 10.3 Å². The summed E-state index contributed by atoms with van der Waals surface area (Å²) >= 11 is 0. The first-order chi connectivity index (χ1) is 9.33. The molecule has 2 rings (SSSR count). The molecule has 1 aromatic heterocycles. The van der Waals surface area contributed by atoms with Crippen molar-refractivity contribution in [2.45, 2.75) is 32.2 Å². The third-order valence-electron chi connectivity index (χ3n) is 3.24. The predicted molar refractivity (Wildman–Crippen MR) is 75.6 cm³/mol. The average Bonchev–Trinajstić information content (AvgIpc) is 2.70. The molecule has 0 spiro atoms. The highest BCUT2D eigenvalue weighted by atomic mass is 32.2. The topological polar surface area (TPSA) is 98.2 Å². The Kier molecular flexibility index (Phi) is 3.82. The quantitative estimate of drug-likeness (QED) is 0.836. The molecule has 2 aromatic rings. The van der Waals surface area contributed by atoms with E-state index in [0.717, 1.165) is 5.56 Å². The lowest BCUT2D eigenvalue weighted by molar-refractivity contribution is 0.392. The van der Waals surface area contributed by atoms with E-state index in [9.17, 15) is 8.42 Å². The third kappa shape index (κ3) is 2.68. The molecule has 0 unspecified atom stereocenters. The van der Waals surface area contributed by atoms with Crippen molar-refractivity contribution < 1.29 is 12.9 Å². The largest absolute Gasteiger partial charge is 0.398 e. The summed E-state index contributed by atoms with van der Waals surface area (Å²) in [7, 11) is -3.62. The van der Waals surface area contributed by atoms with Crippen LogP contribution in [0.3, 0.4) is 0 Å². The van der Waals surface area contributed by atoms with Gasteiger partial charge in [0.15, 0.2) is 0 Å². The van der Waals surface area contributed by atoms with Gasteiger partial charge in [-0.3, -0.25) is 0 Å². The van der Waals surface area contributed by atoms with Gasteiger partial charge in [0.05, 0.1) is 10.6 Å². The first kappa shape index (κ1) is 14.5. The van der Waals surface area contributed by atoms with Crippen LogP contribution >= 0.6 is 0 Å². The van der Waals surface area contributed by atoms with Crippen molar-refractivity contribution in [1.82, 2.24) is 9.88 Å². The Bertz CT molecular complexity index is 716. The van der Waals surface area contributed by atoms with Gasteiger partial charge in [-0.15, -0.1) is 0 Å². The highest BCUT2D eigenvalue weighted by Gasteiger charge is 2.19. The Hall–Kier alpha value is -1.86. The summed E-state index contributed by atoms with van der Waals surface area (Å²) in [6.07, 6.45) is 0. The summed E-state index contributed by atoms with van der Waals surface area (Å²) in [5.41, 5.74) is 8.15. The molecule has 0 atom stereocenters. The molecule has 0 saturated heterocycles. The Morgan fingerprint density at radius 3 is 2.60 bits per heavy atom. The zero-order valence-electron chi connectivity index (χ0n) is 11.6. The zero-order valence-corrected chi connectivity index (χ0v) is 12.4. The number of sulfonamides is 1. The summed E-state index contributed by atoms with van der Waals surface area (Å²) in [4.78, 5) is 0.185. The van der Waals surface area contributed by atoms with Crippen molar-refractivity contribution in [2.75, 3.05) is 5.73 Å². The first-order valence-electron chi connectivity index (χ1n) is 6.09. The van der Waals surface area contributed by atoms with Crippen LogP contribution in [0, 0.1) is 20.8 Å². The normalized spacial score (nSPS) is 11.8. The highest BCUT2D eigenvalue weighted by Crippen LogP contribution is 2.21. The van der Waals surface area contributed by atoms with Crippen molar-refractivity contribution in [3.8, 4) is 0 Å². The molecule has 1 aromatic carbocycles. The molecule has 0 radical (unpaired) electrons. The van der Waals surface area contributed by atoms with Crippen LogP contribution in [0.5, 0.6) is 0 Å². The van der Waals surface area contributed by atoms with E-state index in [1.54, 1.807) is 32.9 Å². The van der Waals surface area contributed by atoms with E-state index >= 15 is 0 Å². The van der Waals surface area contributed by atoms with E-state index in [-0.39, 0.29) is 11.4 Å². The molecule has 3 N–H and O–H groups in total. The number of hydrogen-bond donors (Lipinski definition) is 2. The van der Waals surface area contributed by atoms with Crippen LogP contribution in [0.1, 0.15) is 22.6 Å². The summed E-state index contributed by atoms with van der Waals surface area (Å²) in [5.74, 6) is 0.606. The van der Waals surface area contributed by atoms with Gasteiger partial charge in [-0.25, -0.2) is 13.1 Å². The van der Waals surface area contributed by atoms with Gasteiger partial charge in [0, 0.05) is 17.8 Å². The zero-order chi connectivity index (χ0) is 14.9. The molecule has 0 aliphatic rings. The molecule has 0 saturated carbocycles. The second kappa shape index (κ2) is 5.26. The Morgan fingerprint density at radius 1 is 1.30 bits per heavy atom. The minimum atomic E-state index is -3.62. The van der Waals surface area contributed by atoms with Gasteiger partial charge in [-0.1, -0.05) is 11.2 Å². The SMILES string of the molecule is Cc1noc(C)c1CNS(=O)(=O)c1cccc(N)c1C. The highest BCUT2D eigenvalue weighted by molar-refractivity contribution is 7.89. The van der Waals surface area contributed by atoms with Gasteiger partial charge >= 0.3 is 0 Å². The number of nitrogens with two attached hydrogens (primary N) is 1. The van der Waals surface area contributed by atoms with Crippen molar-refractivity contribution >= 4 is 15.7 Å². The van der Waals surface area contributed by atoms with Crippen LogP contribution in [0.25, 0.3) is 0 Å². The van der Waals surface area contributed by atoms with E-state index in [2.05, 4.69) is 9.88 Å². The Balaban J connectivity index is 2.26. The van der Waals surface area contributed by atoms with Gasteiger partial charge in [-0.2, -0.15) is 0 Å². The average molecular weight is 295 g/mol. The molecular formula is C13H17N3O3S. The number of anilines is 1. The van der Waals surface area contributed by atoms with E-state index in [0.29, 0.717) is 22.7 Å². The fraction of sp³-hybridized carbons (Fsp3) is 0.308. The van der Waals surface area contributed by atoms with Crippen LogP contribution in [0.2, 0.25) is 0 Å². The van der Waals surface area contributed by atoms with Crippen molar-refractivity contribution in [3.05, 3.63) is 40.8 Å². The number of aromatic nitrogens is 1. The van der Waals surface area contributed by atoms with Gasteiger partial charge in [-0.05, 0) is 38.5 Å². The van der Waals surface area contributed by atoms with Crippen LogP contribution in [0.4, 0.5) is 5.69 Å². The molecule has 0 aliphatic heterocycles. The third-order valence-corrected chi connectivity index (χ3v) is 4.78. The number of hydrogen-bond acceptors (Lipinski definition) is 5. The van der Waals surface area contributed by atoms with Gasteiger partial charge in [0.2, 0.25) is 10.0 Å². The monoisotopic (exact) mass is 295 g/mol. The number of nitrogens with one attached hydrogen (secondary N) is 1. The van der Waals surface area contributed by atoms with Gasteiger partial charge in [0.25, 0.3) is 0 Å². The molecule has 0 aliphatic carbocycles. The van der Waals surface area contributed by atoms with Crippen LogP contribution in [0.15, 0.2) is 27.6 Å². The standard InChI is InChI=1S/C13H17N3O3S/c1-8-12(14)5-4-6-13(8)20(17,18)15-7-11-9(2)16-19-10(11)3/h4-6,15H,7,14H2,1-3H3. The van der Waals surface area contributed by atoms with Crippen molar-refractivity contribution in [1.29, 1.82) is 0 Å². The predicted octanol–water partition coefficient (Wildman–Crippen LogP) is 1.66. The lowest BCUT2D eigenvalue weighted by Gasteiger charge is -2.10. The maximum absolute atomic E-state index is 12.3. The number of aryl methyl sites for hydroxylation is 2. The second-order valence-corrected chi connectivity index (χ2v) is 6.33. The Labute approximate surface area is 118 Å². The molecule has 1 heterocycles. The number of rotatable bonds is 4. The molecular weight excluding hydrogens is 278 g/mol. The van der Waals surface area contributed by atoms with E-state index in [1.807, 2.05) is 0 Å². The maximum atomic E-state index is 12.3. The van der Waals surface area contributed by atoms with Gasteiger partial charge in [0.1, 0.15) is 5.76 Å². The lowest BCUT2D eigenvalue weighted by atomic mass is 10.2. The summed E-state index contributed by atoms with van der Waals surface area (Å²) in [6, 6.07) is 4.82. The number of nitrogen functional groups attached to an aromatic ring is 1. The van der Waals surface area contributed by atoms with E-state index < -0.39 is 10.0 Å². The molecule has 0 bridgehead atoms. The summed E-state index contributed by atoms with van der Waals surface area (Å²) in [6.45, 7) is 5.33. The minimum Gasteiger partial charge on any atom is -0.398 e. The fourth-order valence-electron chi connectivity index (χ4n) is 1.92. The summed E-state index contributed by atoms with van der Waals surface area (Å²) < 4.78 is 32.2. The molecule has 0 amide bonds. The first-order valence-corrected chi connectivity index (χ1v) is 7.57.